The summed E-state index contributed by atoms with van der Waals surface area (Å²) in [5, 5.41) is 0. The number of methoxy groups -OCH3 is 2. The summed E-state index contributed by atoms with van der Waals surface area (Å²) in [6.45, 7) is 0. The average molecular weight is 363 g/mol. The molecule has 0 aliphatic heterocycles. The first-order valence-corrected chi connectivity index (χ1v) is 6.45. The van der Waals surface area contributed by atoms with E-state index in [1.807, 2.05) is 22.3 Å². The van der Waals surface area contributed by atoms with Gasteiger partial charge in [0.25, 0.3) is 0 Å². The van der Waals surface area contributed by atoms with Gasteiger partial charge < -0.3 is 13.9 Å². The summed E-state index contributed by atoms with van der Waals surface area (Å²) < 4.78 is 16.9. The van der Waals surface area contributed by atoms with Crippen LogP contribution < -0.4 is 0 Å². The lowest BCUT2D eigenvalue weighted by Gasteiger charge is -2.06. The molecule has 0 amide bonds. The molecule has 1 rings (SSSR count). The Bertz CT molecular complexity index is 439. The van der Waals surface area contributed by atoms with E-state index < -0.39 is 5.97 Å². The third-order valence-electron chi connectivity index (χ3n) is 2.13. The number of ether oxygens (including phenoxy) is 2. The molecular formula is C12H14INO4. The number of nitrogens with zero attached hydrogens (tertiary/aromatic N) is 1. The van der Waals surface area contributed by atoms with Gasteiger partial charge in [-0.1, -0.05) is 40.8 Å². The van der Waals surface area contributed by atoms with Crippen LogP contribution in [0, 0.1) is 0 Å². The normalized spacial score (nSPS) is 13.3. The van der Waals surface area contributed by atoms with Crippen molar-refractivity contribution in [2.45, 2.75) is 12.5 Å². The summed E-state index contributed by atoms with van der Waals surface area (Å²) in [5.74, 6) is -0.0762. The molecule has 0 saturated carbocycles. The van der Waals surface area contributed by atoms with Crippen LogP contribution in [-0.2, 0) is 15.9 Å². The minimum atomic E-state index is -0.512. The Morgan fingerprint density at radius 1 is 1.56 bits per heavy atom. The first-order chi connectivity index (χ1) is 8.71. The monoisotopic (exact) mass is 363 g/mol. The number of hydrogen-bond donors (Lipinski definition) is 0. The zero-order valence-electron chi connectivity index (χ0n) is 10.1. The lowest BCUT2D eigenvalue weighted by molar-refractivity contribution is 0.0594. The molecule has 0 N–H and O–H groups in total. The van der Waals surface area contributed by atoms with Crippen molar-refractivity contribution >= 4 is 28.6 Å². The van der Waals surface area contributed by atoms with Gasteiger partial charge in [0.1, 0.15) is 6.26 Å². The van der Waals surface area contributed by atoms with Gasteiger partial charge in [-0.15, -0.1) is 0 Å². The first-order valence-electron chi connectivity index (χ1n) is 5.20. The zero-order valence-corrected chi connectivity index (χ0v) is 12.3. The Labute approximate surface area is 119 Å². The molecule has 0 spiro atoms. The Kier molecular flexibility index (Phi) is 6.66. The number of rotatable bonds is 6. The number of carbonyl (C=O) groups excluding carboxylic acids is 1. The molecule has 0 unspecified atom stereocenters. The van der Waals surface area contributed by atoms with E-state index in [4.69, 9.17) is 9.15 Å². The zero-order chi connectivity index (χ0) is 13.4. The number of carbonyl (C=O) groups is 1. The smallest absolute Gasteiger partial charge is 0.360 e. The molecule has 5 nitrogen and oxygen atoms in total. The summed E-state index contributed by atoms with van der Waals surface area (Å²) in [7, 11) is 2.90. The highest BCUT2D eigenvalue weighted by atomic mass is 127. The van der Waals surface area contributed by atoms with E-state index in [1.165, 1.54) is 13.4 Å². The summed E-state index contributed by atoms with van der Waals surface area (Å²) >= 11 is 2.13. The van der Waals surface area contributed by atoms with Crippen molar-refractivity contribution in [3.8, 4) is 0 Å². The lowest BCUT2D eigenvalue weighted by Crippen LogP contribution is -2.11. The highest BCUT2D eigenvalue weighted by molar-refractivity contribution is 14.1. The molecule has 1 atom stereocenters. The number of hydrogen-bond acceptors (Lipinski definition) is 5. The van der Waals surface area contributed by atoms with Gasteiger partial charge in [-0.05, 0) is 4.08 Å². The Hall–Kier alpha value is -1.15. The number of aromatic nitrogens is 1. The second-order valence-corrected chi connectivity index (χ2v) is 4.02. The van der Waals surface area contributed by atoms with Crippen molar-refractivity contribution in [3.63, 3.8) is 0 Å². The van der Waals surface area contributed by atoms with E-state index in [0.717, 1.165) is 0 Å². The predicted octanol–water partition coefficient (Wildman–Crippen LogP) is 2.52. The van der Waals surface area contributed by atoms with Crippen LogP contribution in [0.25, 0.3) is 0 Å². The van der Waals surface area contributed by atoms with Crippen molar-refractivity contribution in [1.82, 2.24) is 4.98 Å². The third kappa shape index (κ3) is 4.61. The van der Waals surface area contributed by atoms with Crippen molar-refractivity contribution in [2.75, 3.05) is 14.2 Å². The van der Waals surface area contributed by atoms with Gasteiger partial charge in [-0.25, -0.2) is 9.78 Å². The molecule has 0 saturated heterocycles. The van der Waals surface area contributed by atoms with Crippen molar-refractivity contribution in [2.24, 2.45) is 0 Å². The van der Waals surface area contributed by atoms with Gasteiger partial charge in [-0.2, -0.15) is 0 Å². The van der Waals surface area contributed by atoms with Crippen LogP contribution in [0.4, 0.5) is 0 Å². The number of allylic oxidation sites excluding steroid dienone is 2. The molecule has 0 radical (unpaired) electrons. The molecule has 0 fully saturated rings. The fourth-order valence-corrected chi connectivity index (χ4v) is 1.47. The highest BCUT2D eigenvalue weighted by Gasteiger charge is 2.14. The fourth-order valence-electron chi connectivity index (χ4n) is 1.24. The summed E-state index contributed by atoms with van der Waals surface area (Å²) in [6.07, 6.45) is 7.24. The van der Waals surface area contributed by atoms with Crippen molar-refractivity contribution in [1.29, 1.82) is 0 Å². The van der Waals surface area contributed by atoms with Gasteiger partial charge in [-0.3, -0.25) is 0 Å². The van der Waals surface area contributed by atoms with Gasteiger partial charge in [0.05, 0.1) is 19.6 Å². The molecular weight excluding hydrogens is 349 g/mol. The number of halogens is 1. The van der Waals surface area contributed by atoms with Crippen LogP contribution in [0.1, 0.15) is 16.4 Å². The number of esters is 1. The van der Waals surface area contributed by atoms with E-state index in [-0.39, 0.29) is 11.8 Å². The minimum absolute atomic E-state index is 0.151. The topological polar surface area (TPSA) is 61.6 Å². The van der Waals surface area contributed by atoms with E-state index in [1.54, 1.807) is 7.11 Å². The van der Waals surface area contributed by atoms with Gasteiger partial charge in [0.15, 0.2) is 11.6 Å². The molecule has 0 aliphatic carbocycles. The quantitative estimate of drug-likeness (QED) is 0.442. The average Bonchev–Trinajstić information content (AvgIpc) is 2.85. The van der Waals surface area contributed by atoms with Crippen LogP contribution in [0.2, 0.25) is 0 Å². The molecule has 6 heteroatoms. The van der Waals surface area contributed by atoms with Crippen LogP contribution in [0.15, 0.2) is 33.0 Å². The van der Waals surface area contributed by atoms with E-state index in [2.05, 4.69) is 32.3 Å². The molecule has 1 aromatic heterocycles. The molecule has 1 heterocycles. The SMILES string of the molecule is COC(=O)c1coc(C[C@@H](/C=C/C=C/I)OC)n1. The van der Waals surface area contributed by atoms with Crippen LogP contribution >= 0.6 is 22.6 Å². The van der Waals surface area contributed by atoms with Crippen molar-refractivity contribution < 1.29 is 18.7 Å². The Morgan fingerprint density at radius 2 is 2.33 bits per heavy atom. The lowest BCUT2D eigenvalue weighted by atomic mass is 10.2. The summed E-state index contributed by atoms with van der Waals surface area (Å²) in [5.41, 5.74) is 0.165. The molecule has 1 aromatic rings. The summed E-state index contributed by atoms with van der Waals surface area (Å²) in [6, 6.07) is 0. The largest absolute Gasteiger partial charge is 0.464 e. The molecule has 0 aromatic carbocycles. The highest BCUT2D eigenvalue weighted by Crippen LogP contribution is 2.08. The number of oxazole rings is 1. The van der Waals surface area contributed by atoms with Crippen LogP contribution in [0.5, 0.6) is 0 Å². The molecule has 0 bridgehead atoms. The van der Waals surface area contributed by atoms with Crippen LogP contribution in [0.3, 0.4) is 0 Å². The maximum atomic E-state index is 11.2. The van der Waals surface area contributed by atoms with Gasteiger partial charge in [0.2, 0.25) is 0 Å². The molecule has 0 aliphatic rings. The summed E-state index contributed by atoms with van der Waals surface area (Å²) in [4.78, 5) is 15.2. The van der Waals surface area contributed by atoms with E-state index in [0.29, 0.717) is 12.3 Å². The van der Waals surface area contributed by atoms with Crippen molar-refractivity contribution in [3.05, 3.63) is 40.2 Å². The van der Waals surface area contributed by atoms with E-state index in [9.17, 15) is 4.79 Å². The predicted molar refractivity (Wildman–Crippen MR) is 74.6 cm³/mol. The molecule has 98 valence electrons. The van der Waals surface area contributed by atoms with Gasteiger partial charge >= 0.3 is 5.97 Å². The first kappa shape index (κ1) is 14.9. The molecule has 18 heavy (non-hydrogen) atoms. The fraction of sp³-hybridized carbons (Fsp3) is 0.333. The Morgan fingerprint density at radius 3 is 2.94 bits per heavy atom. The maximum absolute atomic E-state index is 11.2. The van der Waals surface area contributed by atoms with Crippen LogP contribution in [-0.4, -0.2) is 31.3 Å². The second kappa shape index (κ2) is 8.04. The Balaban J connectivity index is 2.64. The minimum Gasteiger partial charge on any atom is -0.464 e. The standard InChI is InChI=1S/C12H14INO4/c1-16-9(5-3-4-6-13)7-11-14-10(8-18-11)12(15)17-2/h3-6,8-9H,7H2,1-2H3/b5-3+,6-4+/t9-/m1/s1. The van der Waals surface area contributed by atoms with E-state index >= 15 is 0 Å². The van der Waals surface area contributed by atoms with Gasteiger partial charge in [0, 0.05) is 7.11 Å². The maximum Gasteiger partial charge on any atom is 0.360 e. The third-order valence-corrected chi connectivity index (χ3v) is 2.55. The second-order valence-electron chi connectivity index (χ2n) is 3.30.